The zero-order valence-corrected chi connectivity index (χ0v) is 10.3. The number of aliphatic hydroxyl groups is 1. The zero-order chi connectivity index (χ0) is 12.1. The van der Waals surface area contributed by atoms with E-state index < -0.39 is 21.8 Å². The Kier molecular flexibility index (Phi) is 2.38. The Balaban J connectivity index is 2.67. The summed E-state index contributed by atoms with van der Waals surface area (Å²) in [7, 11) is -3.57. The third-order valence-electron chi connectivity index (χ3n) is 2.62. The van der Waals surface area contributed by atoms with E-state index in [9.17, 15) is 13.5 Å². The van der Waals surface area contributed by atoms with Crippen LogP contribution in [0.5, 0.6) is 0 Å². The summed E-state index contributed by atoms with van der Waals surface area (Å²) in [5.41, 5.74) is -0.186. The number of sulfonamides is 1. The van der Waals surface area contributed by atoms with E-state index in [1.54, 1.807) is 39.0 Å². The summed E-state index contributed by atoms with van der Waals surface area (Å²) < 4.78 is 25.6. The van der Waals surface area contributed by atoms with Gasteiger partial charge in [0, 0.05) is 11.1 Å². The van der Waals surface area contributed by atoms with Gasteiger partial charge in [-0.05, 0) is 26.8 Å². The molecule has 0 bridgehead atoms. The molecule has 1 aromatic rings. The first-order valence-corrected chi connectivity index (χ1v) is 6.52. The molecule has 88 valence electrons. The van der Waals surface area contributed by atoms with Gasteiger partial charge in [-0.1, -0.05) is 18.2 Å². The van der Waals surface area contributed by atoms with Crippen LogP contribution in [0.2, 0.25) is 0 Å². The molecule has 0 amide bonds. The van der Waals surface area contributed by atoms with Gasteiger partial charge in [0.25, 0.3) is 0 Å². The molecule has 16 heavy (non-hydrogen) atoms. The summed E-state index contributed by atoms with van der Waals surface area (Å²) in [6, 6.07) is 6.56. The molecule has 0 aliphatic carbocycles. The fraction of sp³-hybridized carbons (Fsp3) is 0.455. The van der Waals surface area contributed by atoms with E-state index in [0.29, 0.717) is 5.56 Å². The quantitative estimate of drug-likeness (QED) is 0.748. The van der Waals surface area contributed by atoms with Crippen LogP contribution >= 0.6 is 0 Å². The van der Waals surface area contributed by atoms with E-state index >= 15 is 0 Å². The van der Waals surface area contributed by atoms with Gasteiger partial charge in [-0.3, -0.25) is 0 Å². The van der Waals surface area contributed by atoms with Crippen LogP contribution in [0, 0.1) is 0 Å². The molecule has 0 radical (unpaired) electrons. The van der Waals surface area contributed by atoms with Gasteiger partial charge >= 0.3 is 0 Å². The van der Waals surface area contributed by atoms with Crippen LogP contribution < -0.4 is 0 Å². The lowest BCUT2D eigenvalue weighted by molar-refractivity contribution is 0.0208. The minimum Gasteiger partial charge on any atom is -0.373 e. The minimum atomic E-state index is -3.57. The second-order valence-electron chi connectivity index (χ2n) is 4.88. The van der Waals surface area contributed by atoms with Crippen LogP contribution in [0.3, 0.4) is 0 Å². The summed E-state index contributed by atoms with van der Waals surface area (Å²) in [5, 5.41) is 10.1. The van der Waals surface area contributed by atoms with Crippen LogP contribution in [0.15, 0.2) is 29.2 Å². The summed E-state index contributed by atoms with van der Waals surface area (Å²) in [5.74, 6) is 0. The number of fused-ring (bicyclic) bond motifs is 1. The molecular weight excluding hydrogens is 226 g/mol. The Morgan fingerprint density at radius 2 is 1.81 bits per heavy atom. The molecular formula is C11H15NO3S. The molecule has 1 aliphatic rings. The third kappa shape index (κ3) is 1.47. The maximum Gasteiger partial charge on any atom is 0.246 e. The van der Waals surface area contributed by atoms with Crippen molar-refractivity contribution in [1.29, 1.82) is 0 Å². The average Bonchev–Trinajstić information content (AvgIpc) is 2.34. The highest BCUT2D eigenvalue weighted by atomic mass is 32.2. The molecule has 5 heteroatoms. The minimum absolute atomic E-state index is 0.206. The van der Waals surface area contributed by atoms with Crippen molar-refractivity contribution in [2.75, 3.05) is 0 Å². The normalized spacial score (nSPS) is 24.4. The molecule has 1 heterocycles. The summed E-state index contributed by atoms with van der Waals surface area (Å²) >= 11 is 0. The lowest BCUT2D eigenvalue weighted by Gasteiger charge is -2.32. The highest BCUT2D eigenvalue weighted by Gasteiger charge is 2.47. The van der Waals surface area contributed by atoms with E-state index in [1.165, 1.54) is 6.07 Å². The van der Waals surface area contributed by atoms with Crippen molar-refractivity contribution in [1.82, 2.24) is 4.31 Å². The molecule has 2 rings (SSSR count). The van der Waals surface area contributed by atoms with E-state index in [2.05, 4.69) is 0 Å². The molecule has 0 saturated heterocycles. The third-order valence-corrected chi connectivity index (χ3v) is 4.81. The Morgan fingerprint density at radius 3 is 2.31 bits per heavy atom. The molecule has 1 unspecified atom stereocenters. The number of aliphatic hydroxyl groups excluding tert-OH is 1. The van der Waals surface area contributed by atoms with Crippen molar-refractivity contribution in [2.45, 2.75) is 37.4 Å². The van der Waals surface area contributed by atoms with Crippen molar-refractivity contribution in [3.63, 3.8) is 0 Å². The fourth-order valence-corrected chi connectivity index (χ4v) is 4.05. The highest BCUT2D eigenvalue weighted by Crippen LogP contribution is 2.41. The molecule has 0 spiro atoms. The Bertz CT molecular complexity index is 516. The van der Waals surface area contributed by atoms with Crippen molar-refractivity contribution in [3.8, 4) is 0 Å². The van der Waals surface area contributed by atoms with Crippen molar-refractivity contribution in [3.05, 3.63) is 29.8 Å². The standard InChI is InChI=1S/C11H15NO3S/c1-11(2,3)12-10(13)8-6-4-5-7-9(8)16(12,14)15/h4-7,10,13H,1-3H3. The van der Waals surface area contributed by atoms with Crippen LogP contribution in [-0.2, 0) is 10.0 Å². The molecule has 1 N–H and O–H groups in total. The first kappa shape index (κ1) is 11.6. The number of nitrogens with zero attached hydrogens (tertiary/aromatic N) is 1. The van der Waals surface area contributed by atoms with Crippen molar-refractivity contribution in [2.24, 2.45) is 0 Å². The summed E-state index contributed by atoms with van der Waals surface area (Å²) in [6.45, 7) is 5.29. The maximum atomic E-state index is 12.2. The van der Waals surface area contributed by atoms with Gasteiger partial charge < -0.3 is 5.11 Å². The second kappa shape index (κ2) is 3.29. The van der Waals surface area contributed by atoms with Gasteiger partial charge in [-0.15, -0.1) is 0 Å². The molecule has 1 aliphatic heterocycles. The summed E-state index contributed by atoms with van der Waals surface area (Å²) in [6.07, 6.45) is -1.08. The van der Waals surface area contributed by atoms with Gasteiger partial charge in [0.15, 0.2) is 0 Å². The lowest BCUT2D eigenvalue weighted by atomic mass is 10.1. The molecule has 1 atom stereocenters. The first-order valence-electron chi connectivity index (χ1n) is 5.08. The second-order valence-corrected chi connectivity index (χ2v) is 6.67. The monoisotopic (exact) mass is 241 g/mol. The predicted molar refractivity (Wildman–Crippen MR) is 60.2 cm³/mol. The van der Waals surface area contributed by atoms with Crippen molar-refractivity contribution >= 4 is 10.0 Å². The topological polar surface area (TPSA) is 57.6 Å². The van der Waals surface area contributed by atoms with Crippen LogP contribution in [0.25, 0.3) is 0 Å². The fourth-order valence-electron chi connectivity index (χ4n) is 2.02. The Labute approximate surface area is 95.6 Å². The number of hydrogen-bond acceptors (Lipinski definition) is 3. The molecule has 4 nitrogen and oxygen atoms in total. The van der Waals surface area contributed by atoms with Crippen LogP contribution in [0.4, 0.5) is 0 Å². The first-order chi connectivity index (χ1) is 7.26. The largest absolute Gasteiger partial charge is 0.373 e. The van der Waals surface area contributed by atoms with E-state index in [4.69, 9.17) is 0 Å². The maximum absolute atomic E-state index is 12.2. The number of rotatable bonds is 0. The number of hydrogen-bond donors (Lipinski definition) is 1. The zero-order valence-electron chi connectivity index (χ0n) is 9.51. The smallest absolute Gasteiger partial charge is 0.246 e. The van der Waals surface area contributed by atoms with Gasteiger partial charge in [-0.2, -0.15) is 4.31 Å². The average molecular weight is 241 g/mol. The lowest BCUT2D eigenvalue weighted by Crippen LogP contribution is -2.43. The molecule has 1 aromatic carbocycles. The van der Waals surface area contributed by atoms with E-state index in [1.807, 2.05) is 0 Å². The SMILES string of the molecule is CC(C)(C)N1C(O)c2ccccc2S1(=O)=O. The molecule has 0 fully saturated rings. The highest BCUT2D eigenvalue weighted by molar-refractivity contribution is 7.89. The summed E-state index contributed by atoms with van der Waals surface area (Å²) in [4.78, 5) is 0.206. The van der Waals surface area contributed by atoms with Gasteiger partial charge in [0.05, 0.1) is 4.90 Å². The van der Waals surface area contributed by atoms with Gasteiger partial charge in [0.1, 0.15) is 6.23 Å². The Hall–Kier alpha value is -0.910. The van der Waals surface area contributed by atoms with Gasteiger partial charge in [-0.25, -0.2) is 8.42 Å². The number of benzene rings is 1. The molecule has 0 aromatic heterocycles. The molecule has 0 saturated carbocycles. The predicted octanol–water partition coefficient (Wildman–Crippen LogP) is 1.48. The van der Waals surface area contributed by atoms with Gasteiger partial charge in [0.2, 0.25) is 10.0 Å². The van der Waals surface area contributed by atoms with Crippen molar-refractivity contribution < 1.29 is 13.5 Å². The van der Waals surface area contributed by atoms with E-state index in [0.717, 1.165) is 4.31 Å². The van der Waals surface area contributed by atoms with E-state index in [-0.39, 0.29) is 4.90 Å². The van der Waals surface area contributed by atoms with Crippen LogP contribution in [-0.4, -0.2) is 23.4 Å². The Morgan fingerprint density at radius 1 is 1.25 bits per heavy atom. The van der Waals surface area contributed by atoms with Crippen LogP contribution in [0.1, 0.15) is 32.6 Å².